The standard InChI is InChI=1S/C21H21N/c1-2-3-4-5-6-18-7-9-19(10-8-18)11-12-20-13-15-21(17-22)16-14-20/h7-10,13-16H,2-6H2,1H3. The first-order valence-electron chi connectivity index (χ1n) is 7.93. The fourth-order valence-electron chi connectivity index (χ4n) is 2.28. The number of nitriles is 1. The third-order valence-corrected chi connectivity index (χ3v) is 3.64. The summed E-state index contributed by atoms with van der Waals surface area (Å²) in [5.41, 5.74) is 4.02. The zero-order valence-electron chi connectivity index (χ0n) is 13.1. The first kappa shape index (κ1) is 15.9. The summed E-state index contributed by atoms with van der Waals surface area (Å²) in [6.45, 7) is 2.24. The Morgan fingerprint density at radius 3 is 1.82 bits per heavy atom. The average Bonchev–Trinajstić information content (AvgIpc) is 2.58. The lowest BCUT2D eigenvalue weighted by molar-refractivity contribution is 0.667. The summed E-state index contributed by atoms with van der Waals surface area (Å²) >= 11 is 0. The van der Waals surface area contributed by atoms with Gasteiger partial charge in [-0.25, -0.2) is 0 Å². The van der Waals surface area contributed by atoms with Crippen LogP contribution in [-0.4, -0.2) is 0 Å². The molecule has 0 aromatic heterocycles. The van der Waals surface area contributed by atoms with Crippen LogP contribution in [0.25, 0.3) is 0 Å². The molecule has 0 saturated heterocycles. The third-order valence-electron chi connectivity index (χ3n) is 3.64. The molecule has 0 saturated carbocycles. The van der Waals surface area contributed by atoms with Crippen LogP contribution < -0.4 is 0 Å². The summed E-state index contributed by atoms with van der Waals surface area (Å²) in [5.74, 6) is 6.30. The molecular formula is C21H21N. The highest BCUT2D eigenvalue weighted by Crippen LogP contribution is 2.09. The maximum Gasteiger partial charge on any atom is 0.0991 e. The van der Waals surface area contributed by atoms with Crippen LogP contribution in [0.5, 0.6) is 0 Å². The summed E-state index contributed by atoms with van der Waals surface area (Å²) in [4.78, 5) is 0. The Bertz CT molecular complexity index is 676. The van der Waals surface area contributed by atoms with E-state index in [9.17, 15) is 0 Å². The molecule has 0 amide bonds. The first-order chi connectivity index (χ1) is 10.8. The number of hydrogen-bond acceptors (Lipinski definition) is 1. The molecule has 2 aromatic carbocycles. The Morgan fingerprint density at radius 1 is 0.727 bits per heavy atom. The van der Waals surface area contributed by atoms with Gasteiger partial charge in [0.05, 0.1) is 11.6 Å². The van der Waals surface area contributed by atoms with Gasteiger partial charge >= 0.3 is 0 Å². The van der Waals surface area contributed by atoms with Gasteiger partial charge in [0, 0.05) is 11.1 Å². The van der Waals surface area contributed by atoms with Crippen LogP contribution in [0.1, 0.15) is 54.9 Å². The molecule has 2 aromatic rings. The molecule has 0 aliphatic rings. The number of benzene rings is 2. The molecule has 1 nitrogen and oxygen atoms in total. The molecule has 0 spiro atoms. The monoisotopic (exact) mass is 287 g/mol. The molecule has 0 fully saturated rings. The highest BCUT2D eigenvalue weighted by atomic mass is 14.2. The number of aryl methyl sites for hydroxylation is 1. The van der Waals surface area contributed by atoms with E-state index in [0.29, 0.717) is 5.56 Å². The molecule has 1 heteroatoms. The van der Waals surface area contributed by atoms with Crippen LogP contribution in [-0.2, 0) is 6.42 Å². The Labute approximate surface area is 133 Å². The minimum Gasteiger partial charge on any atom is -0.192 e. The highest BCUT2D eigenvalue weighted by Gasteiger charge is 1.94. The van der Waals surface area contributed by atoms with E-state index in [1.807, 2.05) is 12.1 Å². The van der Waals surface area contributed by atoms with Crippen LogP contribution in [0, 0.1) is 23.2 Å². The molecule has 0 unspecified atom stereocenters. The van der Waals surface area contributed by atoms with Crippen LogP contribution in [0.3, 0.4) is 0 Å². The Hall–Kier alpha value is -2.51. The molecular weight excluding hydrogens is 266 g/mol. The summed E-state index contributed by atoms with van der Waals surface area (Å²) < 4.78 is 0. The second-order valence-electron chi connectivity index (χ2n) is 5.45. The minimum atomic E-state index is 0.665. The van der Waals surface area contributed by atoms with Gasteiger partial charge in [-0.1, -0.05) is 50.2 Å². The zero-order valence-corrected chi connectivity index (χ0v) is 13.1. The molecule has 22 heavy (non-hydrogen) atoms. The molecule has 0 bridgehead atoms. The smallest absolute Gasteiger partial charge is 0.0991 e. The Balaban J connectivity index is 1.93. The Kier molecular flexibility index (Phi) is 6.28. The van der Waals surface area contributed by atoms with E-state index >= 15 is 0 Å². The summed E-state index contributed by atoms with van der Waals surface area (Å²) in [5, 5.41) is 8.77. The second-order valence-corrected chi connectivity index (χ2v) is 5.45. The van der Waals surface area contributed by atoms with Crippen molar-refractivity contribution in [2.75, 3.05) is 0 Å². The highest BCUT2D eigenvalue weighted by molar-refractivity contribution is 5.45. The number of rotatable bonds is 5. The van der Waals surface area contributed by atoms with E-state index in [4.69, 9.17) is 5.26 Å². The molecule has 2 rings (SSSR count). The topological polar surface area (TPSA) is 23.8 Å². The van der Waals surface area contributed by atoms with E-state index in [1.54, 1.807) is 12.1 Å². The predicted octanol–water partition coefficient (Wildman–Crippen LogP) is 5.08. The Morgan fingerprint density at radius 2 is 1.27 bits per heavy atom. The average molecular weight is 287 g/mol. The largest absolute Gasteiger partial charge is 0.192 e. The maximum absolute atomic E-state index is 8.77. The SMILES string of the molecule is CCCCCCc1ccc(C#Cc2ccc(C#N)cc2)cc1. The number of unbranched alkanes of at least 4 members (excludes halogenated alkanes) is 3. The molecule has 0 heterocycles. The van der Waals surface area contributed by atoms with Gasteiger partial charge in [0.2, 0.25) is 0 Å². The van der Waals surface area contributed by atoms with Gasteiger partial charge in [-0.2, -0.15) is 5.26 Å². The first-order valence-corrected chi connectivity index (χ1v) is 7.93. The molecule has 0 aliphatic carbocycles. The number of nitrogens with zero attached hydrogens (tertiary/aromatic N) is 1. The zero-order chi connectivity index (χ0) is 15.6. The van der Waals surface area contributed by atoms with Gasteiger partial charge in [0.25, 0.3) is 0 Å². The van der Waals surface area contributed by atoms with E-state index < -0.39 is 0 Å². The van der Waals surface area contributed by atoms with Crippen molar-refractivity contribution in [3.8, 4) is 17.9 Å². The minimum absolute atomic E-state index is 0.665. The molecule has 0 atom stereocenters. The van der Waals surface area contributed by atoms with Crippen LogP contribution >= 0.6 is 0 Å². The summed E-state index contributed by atoms with van der Waals surface area (Å²) in [7, 11) is 0. The van der Waals surface area contributed by atoms with Crippen molar-refractivity contribution in [2.45, 2.75) is 39.0 Å². The van der Waals surface area contributed by atoms with Gasteiger partial charge in [-0.05, 0) is 54.8 Å². The van der Waals surface area contributed by atoms with Gasteiger partial charge in [0.15, 0.2) is 0 Å². The van der Waals surface area contributed by atoms with E-state index in [1.165, 1.54) is 31.2 Å². The van der Waals surface area contributed by atoms with Gasteiger partial charge in [0.1, 0.15) is 0 Å². The van der Waals surface area contributed by atoms with Gasteiger partial charge < -0.3 is 0 Å². The molecule has 110 valence electrons. The van der Waals surface area contributed by atoms with Crippen molar-refractivity contribution >= 4 is 0 Å². The predicted molar refractivity (Wildman–Crippen MR) is 91.4 cm³/mol. The van der Waals surface area contributed by atoms with Crippen molar-refractivity contribution in [3.63, 3.8) is 0 Å². The van der Waals surface area contributed by atoms with Crippen molar-refractivity contribution < 1.29 is 0 Å². The van der Waals surface area contributed by atoms with E-state index in [0.717, 1.165) is 17.5 Å². The normalized spacial score (nSPS) is 9.64. The van der Waals surface area contributed by atoms with Crippen molar-refractivity contribution in [1.29, 1.82) is 5.26 Å². The summed E-state index contributed by atoms with van der Waals surface area (Å²) in [6, 6.07) is 18.0. The lowest BCUT2D eigenvalue weighted by Crippen LogP contribution is -1.86. The number of hydrogen-bond donors (Lipinski definition) is 0. The van der Waals surface area contributed by atoms with Crippen LogP contribution in [0.2, 0.25) is 0 Å². The fraction of sp³-hybridized carbons (Fsp3) is 0.286. The summed E-state index contributed by atoms with van der Waals surface area (Å²) in [6.07, 6.45) is 6.35. The fourth-order valence-corrected chi connectivity index (χ4v) is 2.28. The lowest BCUT2D eigenvalue weighted by Gasteiger charge is -2.01. The second kappa shape index (κ2) is 8.71. The van der Waals surface area contributed by atoms with Gasteiger partial charge in [-0.3, -0.25) is 0 Å². The van der Waals surface area contributed by atoms with Gasteiger partial charge in [-0.15, -0.1) is 0 Å². The van der Waals surface area contributed by atoms with Crippen molar-refractivity contribution in [1.82, 2.24) is 0 Å². The lowest BCUT2D eigenvalue weighted by atomic mass is 10.0. The van der Waals surface area contributed by atoms with Crippen molar-refractivity contribution in [3.05, 3.63) is 70.8 Å². The third kappa shape index (κ3) is 5.12. The molecule has 0 radical (unpaired) electrons. The quantitative estimate of drug-likeness (QED) is 0.555. The van der Waals surface area contributed by atoms with Crippen LogP contribution in [0.15, 0.2) is 48.5 Å². The molecule has 0 N–H and O–H groups in total. The van der Waals surface area contributed by atoms with E-state index in [2.05, 4.69) is 49.1 Å². The van der Waals surface area contributed by atoms with E-state index in [-0.39, 0.29) is 0 Å². The molecule has 0 aliphatic heterocycles. The maximum atomic E-state index is 8.77. The van der Waals surface area contributed by atoms with Crippen LogP contribution in [0.4, 0.5) is 0 Å². The van der Waals surface area contributed by atoms with Crippen molar-refractivity contribution in [2.24, 2.45) is 0 Å².